The average molecular weight is 466 g/mol. The zero-order valence-electron chi connectivity index (χ0n) is 18.2. The molecule has 0 saturated heterocycles. The van der Waals surface area contributed by atoms with Gasteiger partial charge in [0.15, 0.2) is 0 Å². The summed E-state index contributed by atoms with van der Waals surface area (Å²) >= 11 is 0. The van der Waals surface area contributed by atoms with Gasteiger partial charge >= 0.3 is 11.9 Å². The van der Waals surface area contributed by atoms with Crippen LogP contribution in [-0.4, -0.2) is 71.1 Å². The summed E-state index contributed by atoms with van der Waals surface area (Å²) in [6, 6.07) is 5.18. The van der Waals surface area contributed by atoms with E-state index in [0.29, 0.717) is 24.9 Å². The highest BCUT2D eigenvalue weighted by atomic mass is 16.4. The second-order valence-electron chi connectivity index (χ2n) is 7.42. The van der Waals surface area contributed by atoms with Crippen LogP contribution in [0.5, 0.6) is 0 Å². The Morgan fingerprint density at radius 1 is 0.909 bits per heavy atom. The van der Waals surface area contributed by atoms with E-state index in [1.165, 1.54) is 0 Å². The predicted molar refractivity (Wildman–Crippen MR) is 118 cm³/mol. The van der Waals surface area contributed by atoms with E-state index in [4.69, 9.17) is 16.6 Å². The fourth-order valence-electron chi connectivity index (χ4n) is 2.91. The molecule has 0 heterocycles. The molecular formula is C21H31N5O7. The molecule has 0 aromatic heterocycles. The fraction of sp³-hybridized carbons (Fsp3) is 0.476. The Morgan fingerprint density at radius 2 is 1.58 bits per heavy atom. The van der Waals surface area contributed by atoms with Crippen LogP contribution in [0.1, 0.15) is 31.2 Å². The molecule has 0 bridgehead atoms. The number of benzene rings is 1. The topological polar surface area (TPSA) is 214 Å². The Bertz CT molecular complexity index is 818. The summed E-state index contributed by atoms with van der Waals surface area (Å²) in [6.45, 7) is -0.148. The molecule has 0 aliphatic heterocycles. The fourth-order valence-corrected chi connectivity index (χ4v) is 2.91. The molecule has 33 heavy (non-hydrogen) atoms. The molecule has 182 valence electrons. The van der Waals surface area contributed by atoms with Crippen molar-refractivity contribution in [2.45, 2.75) is 50.2 Å². The third-order valence-electron chi connectivity index (χ3n) is 4.65. The summed E-state index contributed by atoms with van der Waals surface area (Å²) in [5.41, 5.74) is 11.6. The summed E-state index contributed by atoms with van der Waals surface area (Å²) in [5.74, 6) is -4.71. The summed E-state index contributed by atoms with van der Waals surface area (Å²) in [5, 5.41) is 25.3. The normalized spacial score (nSPS) is 13.3. The molecule has 0 fully saturated rings. The number of hydrogen-bond acceptors (Lipinski definition) is 7. The molecule has 1 aromatic carbocycles. The molecule has 0 aliphatic carbocycles. The van der Waals surface area contributed by atoms with Crippen LogP contribution in [0.15, 0.2) is 30.3 Å². The Labute approximate surface area is 191 Å². The lowest BCUT2D eigenvalue weighted by molar-refractivity contribution is -0.142. The van der Waals surface area contributed by atoms with Crippen molar-refractivity contribution in [3.8, 4) is 0 Å². The monoisotopic (exact) mass is 465 g/mol. The van der Waals surface area contributed by atoms with Crippen molar-refractivity contribution in [2.75, 3.05) is 13.1 Å². The van der Waals surface area contributed by atoms with Crippen LogP contribution >= 0.6 is 0 Å². The SMILES string of the molecule is NCCCCC(NC(=O)CNC(=O)C(N)CC(=O)O)C(=O)NC(Cc1ccccc1)C(=O)O. The Morgan fingerprint density at radius 3 is 2.15 bits per heavy atom. The minimum atomic E-state index is -1.33. The van der Waals surface area contributed by atoms with Gasteiger partial charge in [0.1, 0.15) is 12.1 Å². The van der Waals surface area contributed by atoms with E-state index in [9.17, 15) is 29.1 Å². The van der Waals surface area contributed by atoms with Crippen LogP contribution in [0, 0.1) is 0 Å². The molecule has 0 radical (unpaired) electrons. The lowest BCUT2D eigenvalue weighted by atomic mass is 10.0. The van der Waals surface area contributed by atoms with E-state index in [2.05, 4.69) is 16.0 Å². The van der Waals surface area contributed by atoms with Crippen molar-refractivity contribution < 1.29 is 34.2 Å². The van der Waals surface area contributed by atoms with Crippen molar-refractivity contribution in [1.82, 2.24) is 16.0 Å². The van der Waals surface area contributed by atoms with Gasteiger partial charge in [-0.3, -0.25) is 19.2 Å². The van der Waals surface area contributed by atoms with E-state index in [-0.39, 0.29) is 12.8 Å². The highest BCUT2D eigenvalue weighted by molar-refractivity contribution is 5.93. The Balaban J connectivity index is 2.74. The minimum Gasteiger partial charge on any atom is -0.481 e. The summed E-state index contributed by atoms with van der Waals surface area (Å²) < 4.78 is 0. The maximum absolute atomic E-state index is 12.8. The first-order valence-electron chi connectivity index (χ1n) is 10.5. The number of nitrogens with one attached hydrogen (secondary N) is 3. The summed E-state index contributed by atoms with van der Waals surface area (Å²) in [6.07, 6.45) is 0.755. The van der Waals surface area contributed by atoms with E-state index in [1.54, 1.807) is 30.3 Å². The number of carbonyl (C=O) groups is 5. The van der Waals surface area contributed by atoms with E-state index in [0.717, 1.165) is 0 Å². The van der Waals surface area contributed by atoms with Gasteiger partial charge in [-0.2, -0.15) is 0 Å². The van der Waals surface area contributed by atoms with Crippen LogP contribution in [0.4, 0.5) is 0 Å². The number of hydrogen-bond donors (Lipinski definition) is 7. The number of unbranched alkanes of at least 4 members (excludes halogenated alkanes) is 1. The van der Waals surface area contributed by atoms with Crippen molar-refractivity contribution in [1.29, 1.82) is 0 Å². The van der Waals surface area contributed by atoms with Gasteiger partial charge in [-0.25, -0.2) is 4.79 Å². The quantitative estimate of drug-likeness (QED) is 0.147. The van der Waals surface area contributed by atoms with Gasteiger partial charge in [-0.05, 0) is 31.4 Å². The number of amides is 3. The third kappa shape index (κ3) is 11.1. The maximum Gasteiger partial charge on any atom is 0.326 e. The van der Waals surface area contributed by atoms with Crippen molar-refractivity contribution in [3.63, 3.8) is 0 Å². The first-order valence-corrected chi connectivity index (χ1v) is 10.5. The molecule has 1 rings (SSSR count). The van der Waals surface area contributed by atoms with Crippen LogP contribution in [0.3, 0.4) is 0 Å². The van der Waals surface area contributed by atoms with E-state index in [1.807, 2.05) is 0 Å². The van der Waals surface area contributed by atoms with Gasteiger partial charge in [-0.15, -0.1) is 0 Å². The molecule has 12 nitrogen and oxygen atoms in total. The highest BCUT2D eigenvalue weighted by Gasteiger charge is 2.27. The van der Waals surface area contributed by atoms with E-state index < -0.39 is 60.8 Å². The molecule has 12 heteroatoms. The molecule has 1 aromatic rings. The Hall–Kier alpha value is -3.51. The predicted octanol–water partition coefficient (Wildman–Crippen LogP) is -1.67. The average Bonchev–Trinajstić information content (AvgIpc) is 2.76. The molecule has 0 aliphatic rings. The van der Waals surface area contributed by atoms with Gasteiger partial charge in [0.05, 0.1) is 19.0 Å². The first kappa shape index (κ1) is 27.5. The van der Waals surface area contributed by atoms with Gasteiger partial charge in [0.2, 0.25) is 17.7 Å². The van der Waals surface area contributed by atoms with Gasteiger partial charge < -0.3 is 37.6 Å². The number of carboxylic acids is 2. The van der Waals surface area contributed by atoms with Gasteiger partial charge in [0, 0.05) is 6.42 Å². The zero-order chi connectivity index (χ0) is 24.8. The molecule has 9 N–H and O–H groups in total. The molecule has 0 spiro atoms. The molecule has 3 atom stereocenters. The minimum absolute atomic E-state index is 0.0584. The lowest BCUT2D eigenvalue weighted by Crippen LogP contribution is -2.54. The van der Waals surface area contributed by atoms with Gasteiger partial charge in [0.25, 0.3) is 0 Å². The molecule has 3 unspecified atom stereocenters. The first-order chi connectivity index (χ1) is 15.6. The molecule has 3 amide bonds. The van der Waals surface area contributed by atoms with Crippen molar-refractivity contribution >= 4 is 29.7 Å². The van der Waals surface area contributed by atoms with Crippen molar-refractivity contribution in [2.24, 2.45) is 11.5 Å². The maximum atomic E-state index is 12.8. The largest absolute Gasteiger partial charge is 0.481 e. The van der Waals surface area contributed by atoms with Crippen molar-refractivity contribution in [3.05, 3.63) is 35.9 Å². The number of carboxylic acid groups (broad SMARTS) is 2. The number of carbonyl (C=O) groups excluding carboxylic acids is 3. The second kappa shape index (κ2) is 14.5. The summed E-state index contributed by atoms with van der Waals surface area (Å²) in [7, 11) is 0. The van der Waals surface area contributed by atoms with Crippen LogP contribution in [-0.2, 0) is 30.4 Å². The van der Waals surface area contributed by atoms with Gasteiger partial charge in [-0.1, -0.05) is 30.3 Å². The standard InChI is InChI=1S/C21H31N5O7/c22-9-5-4-8-15(25-17(27)12-24-19(30)14(23)11-18(28)29)20(31)26-16(21(32)33)10-13-6-2-1-3-7-13/h1-3,6-7,14-16H,4-5,8-12,22-23H2,(H,24,30)(H,25,27)(H,26,31)(H,28,29)(H,32,33). The third-order valence-corrected chi connectivity index (χ3v) is 4.65. The number of aliphatic carboxylic acids is 2. The van der Waals surface area contributed by atoms with Crippen LogP contribution in [0.2, 0.25) is 0 Å². The Kier molecular flexibility index (Phi) is 12.1. The van der Waals surface area contributed by atoms with E-state index >= 15 is 0 Å². The second-order valence-corrected chi connectivity index (χ2v) is 7.42. The number of rotatable bonds is 15. The highest BCUT2D eigenvalue weighted by Crippen LogP contribution is 2.06. The number of nitrogens with two attached hydrogens (primary N) is 2. The lowest BCUT2D eigenvalue weighted by Gasteiger charge is -2.22. The molecule has 0 saturated carbocycles. The summed E-state index contributed by atoms with van der Waals surface area (Å²) in [4.78, 5) is 59.0. The van der Waals surface area contributed by atoms with Crippen LogP contribution < -0.4 is 27.4 Å². The van der Waals surface area contributed by atoms with Crippen LogP contribution in [0.25, 0.3) is 0 Å². The smallest absolute Gasteiger partial charge is 0.326 e. The molecular weight excluding hydrogens is 434 g/mol. The zero-order valence-corrected chi connectivity index (χ0v) is 18.2.